The summed E-state index contributed by atoms with van der Waals surface area (Å²) in [6, 6.07) is -0.250. The number of hydrogen-bond acceptors (Lipinski definition) is 4. The molecule has 1 aromatic rings. The normalized spacial score (nSPS) is 22.9. The molecule has 1 aromatic heterocycles. The Hall–Kier alpha value is -1.98. The summed E-state index contributed by atoms with van der Waals surface area (Å²) in [6.07, 6.45) is 5.03. The fraction of sp³-hybridized carbons (Fsp3) is 0.538. The van der Waals surface area contributed by atoms with Crippen LogP contribution in [0.2, 0.25) is 0 Å². The summed E-state index contributed by atoms with van der Waals surface area (Å²) in [4.78, 5) is 36.0. The Balaban J connectivity index is 1.76. The molecule has 0 radical (unpaired) electrons. The molecule has 2 aliphatic heterocycles. The molecular weight excluding hydrogens is 244 g/mol. The molecule has 2 fully saturated rings. The van der Waals surface area contributed by atoms with E-state index in [9.17, 15) is 9.59 Å². The molecule has 0 aliphatic carbocycles. The van der Waals surface area contributed by atoms with Crippen molar-refractivity contribution in [2.24, 2.45) is 0 Å². The van der Waals surface area contributed by atoms with Crippen molar-refractivity contribution in [1.82, 2.24) is 19.8 Å². The van der Waals surface area contributed by atoms with Crippen LogP contribution in [0.4, 0.5) is 0 Å². The van der Waals surface area contributed by atoms with Crippen LogP contribution < -0.4 is 0 Å². The highest BCUT2D eigenvalue weighted by Crippen LogP contribution is 2.24. The molecule has 3 rings (SSSR count). The zero-order valence-corrected chi connectivity index (χ0v) is 10.9. The van der Waals surface area contributed by atoms with Crippen molar-refractivity contribution in [3.63, 3.8) is 0 Å². The number of piperazine rings is 1. The fourth-order valence-electron chi connectivity index (χ4n) is 2.70. The second kappa shape index (κ2) is 4.60. The molecular formula is C13H16N4O2. The lowest BCUT2D eigenvalue weighted by molar-refractivity contribution is -0.154. The van der Waals surface area contributed by atoms with Crippen molar-refractivity contribution in [3.8, 4) is 0 Å². The first-order valence-electron chi connectivity index (χ1n) is 6.51. The summed E-state index contributed by atoms with van der Waals surface area (Å²) >= 11 is 0. The van der Waals surface area contributed by atoms with Crippen LogP contribution in [0.3, 0.4) is 0 Å². The van der Waals surface area contributed by atoms with Gasteiger partial charge in [0.2, 0.25) is 11.8 Å². The molecule has 2 saturated heterocycles. The SMILES string of the molecule is Cc1cnc(CN2CC(=O)N3CCCC3C2=O)cn1. The molecule has 19 heavy (non-hydrogen) atoms. The minimum atomic E-state index is -0.250. The van der Waals surface area contributed by atoms with E-state index in [1.165, 1.54) is 0 Å². The van der Waals surface area contributed by atoms with Gasteiger partial charge in [-0.05, 0) is 19.8 Å². The van der Waals surface area contributed by atoms with Gasteiger partial charge in [0.15, 0.2) is 0 Å². The summed E-state index contributed by atoms with van der Waals surface area (Å²) in [6.45, 7) is 3.10. The second-order valence-electron chi connectivity index (χ2n) is 5.09. The van der Waals surface area contributed by atoms with E-state index in [2.05, 4.69) is 9.97 Å². The van der Waals surface area contributed by atoms with E-state index in [-0.39, 0.29) is 24.4 Å². The van der Waals surface area contributed by atoms with Crippen molar-refractivity contribution < 1.29 is 9.59 Å². The number of aromatic nitrogens is 2. The number of rotatable bonds is 2. The van der Waals surface area contributed by atoms with Crippen LogP contribution in [0.15, 0.2) is 12.4 Å². The molecule has 2 aliphatic rings. The van der Waals surface area contributed by atoms with Crippen LogP contribution in [-0.4, -0.2) is 50.7 Å². The van der Waals surface area contributed by atoms with E-state index in [1.54, 1.807) is 22.2 Å². The fourth-order valence-corrected chi connectivity index (χ4v) is 2.70. The Morgan fingerprint density at radius 2 is 2.16 bits per heavy atom. The van der Waals surface area contributed by atoms with Gasteiger partial charge in [-0.1, -0.05) is 0 Å². The Kier molecular flexibility index (Phi) is 2.93. The molecule has 6 nitrogen and oxygen atoms in total. The van der Waals surface area contributed by atoms with Gasteiger partial charge in [0, 0.05) is 12.7 Å². The van der Waals surface area contributed by atoms with E-state index in [0.29, 0.717) is 13.1 Å². The highest BCUT2D eigenvalue weighted by atomic mass is 16.2. The summed E-state index contributed by atoms with van der Waals surface area (Å²) in [5, 5.41) is 0. The number of nitrogens with zero attached hydrogens (tertiary/aromatic N) is 4. The van der Waals surface area contributed by atoms with E-state index in [0.717, 1.165) is 24.2 Å². The number of carbonyl (C=O) groups is 2. The summed E-state index contributed by atoms with van der Waals surface area (Å²) in [7, 11) is 0. The average molecular weight is 260 g/mol. The minimum Gasteiger partial charge on any atom is -0.329 e. The second-order valence-corrected chi connectivity index (χ2v) is 5.09. The number of fused-ring (bicyclic) bond motifs is 1. The standard InChI is InChI=1S/C13H16N4O2/c1-9-5-15-10(6-14-9)7-16-8-12(18)17-4-2-3-11(17)13(16)19/h5-6,11H,2-4,7-8H2,1H3. The highest BCUT2D eigenvalue weighted by molar-refractivity contribution is 5.95. The Bertz CT molecular complexity index is 514. The summed E-state index contributed by atoms with van der Waals surface area (Å²) in [5.74, 6) is 0.0849. The van der Waals surface area contributed by atoms with E-state index in [1.807, 2.05) is 6.92 Å². The van der Waals surface area contributed by atoms with Crippen molar-refractivity contribution in [1.29, 1.82) is 0 Å². The van der Waals surface area contributed by atoms with Gasteiger partial charge in [0.1, 0.15) is 12.6 Å². The van der Waals surface area contributed by atoms with Crippen LogP contribution in [0, 0.1) is 6.92 Å². The van der Waals surface area contributed by atoms with Crippen LogP contribution in [-0.2, 0) is 16.1 Å². The lowest BCUT2D eigenvalue weighted by Gasteiger charge is -2.36. The molecule has 100 valence electrons. The molecule has 0 bridgehead atoms. The van der Waals surface area contributed by atoms with Gasteiger partial charge >= 0.3 is 0 Å². The lowest BCUT2D eigenvalue weighted by Crippen LogP contribution is -2.56. The van der Waals surface area contributed by atoms with Crippen molar-refractivity contribution >= 4 is 11.8 Å². The number of aryl methyl sites for hydroxylation is 1. The Morgan fingerprint density at radius 1 is 1.32 bits per heavy atom. The molecule has 2 amide bonds. The Labute approximate surface area is 111 Å². The van der Waals surface area contributed by atoms with Crippen molar-refractivity contribution in [2.75, 3.05) is 13.1 Å². The first kappa shape index (κ1) is 12.1. The molecule has 0 aromatic carbocycles. The summed E-state index contributed by atoms with van der Waals surface area (Å²) < 4.78 is 0. The monoisotopic (exact) mass is 260 g/mol. The molecule has 1 unspecified atom stereocenters. The number of hydrogen-bond donors (Lipinski definition) is 0. The highest BCUT2D eigenvalue weighted by Gasteiger charge is 2.41. The van der Waals surface area contributed by atoms with Gasteiger partial charge < -0.3 is 9.80 Å². The zero-order valence-electron chi connectivity index (χ0n) is 10.9. The molecule has 6 heteroatoms. The lowest BCUT2D eigenvalue weighted by atomic mass is 10.1. The van der Waals surface area contributed by atoms with Crippen molar-refractivity contribution in [2.45, 2.75) is 32.4 Å². The number of carbonyl (C=O) groups excluding carboxylic acids is 2. The van der Waals surface area contributed by atoms with E-state index in [4.69, 9.17) is 0 Å². The first-order valence-corrected chi connectivity index (χ1v) is 6.51. The Morgan fingerprint density at radius 3 is 2.89 bits per heavy atom. The van der Waals surface area contributed by atoms with Gasteiger partial charge in [-0.25, -0.2) is 0 Å². The van der Waals surface area contributed by atoms with Gasteiger partial charge in [0.05, 0.1) is 24.1 Å². The zero-order chi connectivity index (χ0) is 13.4. The molecule has 0 spiro atoms. The van der Waals surface area contributed by atoms with Gasteiger partial charge in [-0.3, -0.25) is 19.6 Å². The third-order valence-corrected chi connectivity index (χ3v) is 3.68. The predicted octanol–water partition coefficient (Wildman–Crippen LogP) is 0.118. The minimum absolute atomic E-state index is 0.0412. The smallest absolute Gasteiger partial charge is 0.246 e. The van der Waals surface area contributed by atoms with Crippen LogP contribution in [0.1, 0.15) is 24.2 Å². The van der Waals surface area contributed by atoms with Crippen LogP contribution in [0.25, 0.3) is 0 Å². The maximum atomic E-state index is 12.3. The molecule has 3 heterocycles. The first-order chi connectivity index (χ1) is 9.15. The third-order valence-electron chi connectivity index (χ3n) is 3.68. The van der Waals surface area contributed by atoms with Crippen molar-refractivity contribution in [3.05, 3.63) is 23.8 Å². The molecule has 0 N–H and O–H groups in total. The topological polar surface area (TPSA) is 66.4 Å². The average Bonchev–Trinajstić information content (AvgIpc) is 2.88. The summed E-state index contributed by atoms with van der Waals surface area (Å²) in [5.41, 5.74) is 1.56. The largest absolute Gasteiger partial charge is 0.329 e. The number of amides is 2. The molecule has 1 atom stereocenters. The maximum Gasteiger partial charge on any atom is 0.246 e. The van der Waals surface area contributed by atoms with Gasteiger partial charge in [-0.2, -0.15) is 0 Å². The van der Waals surface area contributed by atoms with Crippen LogP contribution in [0.5, 0.6) is 0 Å². The molecule has 0 saturated carbocycles. The quantitative estimate of drug-likeness (QED) is 0.757. The van der Waals surface area contributed by atoms with Gasteiger partial charge in [0.25, 0.3) is 0 Å². The predicted molar refractivity (Wildman–Crippen MR) is 66.9 cm³/mol. The van der Waals surface area contributed by atoms with Gasteiger partial charge in [-0.15, -0.1) is 0 Å². The third kappa shape index (κ3) is 2.18. The van der Waals surface area contributed by atoms with E-state index >= 15 is 0 Å². The van der Waals surface area contributed by atoms with E-state index < -0.39 is 0 Å². The van der Waals surface area contributed by atoms with Crippen LogP contribution >= 0.6 is 0 Å². The maximum absolute atomic E-state index is 12.3.